The third-order valence-electron chi connectivity index (χ3n) is 8.73. The Hall–Kier alpha value is -5.60. The second-order valence-electron chi connectivity index (χ2n) is 11.0. The van der Waals surface area contributed by atoms with E-state index in [0.29, 0.717) is 0 Å². The predicted molar refractivity (Wildman–Crippen MR) is 178 cm³/mol. The molecule has 2 heterocycles. The van der Waals surface area contributed by atoms with Crippen LogP contribution in [0.15, 0.2) is 158 Å². The van der Waals surface area contributed by atoms with Gasteiger partial charge in [0.15, 0.2) is 0 Å². The van der Waals surface area contributed by atoms with Crippen molar-refractivity contribution in [1.29, 1.82) is 0 Å². The first-order valence-corrected chi connectivity index (χ1v) is 14.5. The van der Waals surface area contributed by atoms with E-state index in [1.807, 2.05) is 0 Å². The molecule has 0 amide bonds. The van der Waals surface area contributed by atoms with Crippen molar-refractivity contribution in [2.45, 2.75) is 0 Å². The number of nitrogens with zero attached hydrogens (tertiary/aromatic N) is 2. The Morgan fingerprint density at radius 2 is 1.02 bits per heavy atom. The summed E-state index contributed by atoms with van der Waals surface area (Å²) in [4.78, 5) is 0. The van der Waals surface area contributed by atoms with Gasteiger partial charge in [-0.05, 0) is 81.2 Å². The first-order valence-electron chi connectivity index (χ1n) is 14.5. The second kappa shape index (κ2) is 8.95. The summed E-state index contributed by atoms with van der Waals surface area (Å²) >= 11 is 0. The molecule has 2 heteroatoms. The number of benzene rings is 7. The fraction of sp³-hybridized carbons (Fsp3) is 0. The van der Waals surface area contributed by atoms with Crippen LogP contribution in [0, 0.1) is 0 Å². The molecule has 0 saturated carbocycles. The Kier molecular flexibility index (Phi) is 4.93. The van der Waals surface area contributed by atoms with Gasteiger partial charge in [0.2, 0.25) is 0 Å². The van der Waals surface area contributed by atoms with E-state index in [-0.39, 0.29) is 0 Å². The third-order valence-corrected chi connectivity index (χ3v) is 8.73. The van der Waals surface area contributed by atoms with Crippen LogP contribution in [0.5, 0.6) is 0 Å². The van der Waals surface area contributed by atoms with Crippen molar-refractivity contribution in [1.82, 2.24) is 9.13 Å². The molecule has 0 atom stereocenters. The first kappa shape index (κ1) is 23.1. The van der Waals surface area contributed by atoms with Crippen LogP contribution < -0.4 is 0 Å². The summed E-state index contributed by atoms with van der Waals surface area (Å²) in [6, 6.07) is 55.0. The highest BCUT2D eigenvalue weighted by atomic mass is 15.0. The van der Waals surface area contributed by atoms with Gasteiger partial charge in [0.1, 0.15) is 0 Å². The third kappa shape index (κ3) is 3.33. The fourth-order valence-electron chi connectivity index (χ4n) is 6.83. The fourth-order valence-corrected chi connectivity index (χ4v) is 6.83. The molecular formula is C40H26N2. The van der Waals surface area contributed by atoms with Gasteiger partial charge in [0.05, 0.1) is 16.6 Å². The van der Waals surface area contributed by atoms with Crippen molar-refractivity contribution in [3.05, 3.63) is 158 Å². The Bertz CT molecular complexity index is 2440. The molecule has 9 aromatic rings. The summed E-state index contributed by atoms with van der Waals surface area (Å²) in [6.07, 6.45) is 2.15. The average molecular weight is 535 g/mol. The quantitative estimate of drug-likeness (QED) is 0.200. The van der Waals surface area contributed by atoms with Gasteiger partial charge in [-0.15, -0.1) is 0 Å². The van der Waals surface area contributed by atoms with Crippen LogP contribution in [0.25, 0.3) is 76.8 Å². The zero-order valence-corrected chi connectivity index (χ0v) is 22.9. The van der Waals surface area contributed by atoms with Crippen LogP contribution in [-0.4, -0.2) is 9.13 Å². The maximum Gasteiger partial charge on any atom is 0.0625 e. The number of fused-ring (bicyclic) bond motifs is 9. The van der Waals surface area contributed by atoms with Crippen LogP contribution in [0.1, 0.15) is 0 Å². The van der Waals surface area contributed by atoms with Crippen molar-refractivity contribution < 1.29 is 0 Å². The smallest absolute Gasteiger partial charge is 0.0625 e. The van der Waals surface area contributed by atoms with E-state index >= 15 is 0 Å². The minimum atomic E-state index is 1.17. The highest BCUT2D eigenvalue weighted by Gasteiger charge is 2.19. The summed E-state index contributed by atoms with van der Waals surface area (Å²) in [5, 5.41) is 8.97. The van der Waals surface area contributed by atoms with E-state index in [4.69, 9.17) is 0 Å². The minimum Gasteiger partial charge on any atom is -0.317 e. The van der Waals surface area contributed by atoms with Gasteiger partial charge in [-0.2, -0.15) is 0 Å². The lowest BCUT2D eigenvalue weighted by Gasteiger charge is -2.12. The molecule has 0 bridgehead atoms. The molecule has 0 unspecified atom stereocenters. The summed E-state index contributed by atoms with van der Waals surface area (Å²) in [5.41, 5.74) is 8.47. The molecule has 0 aliphatic carbocycles. The molecule has 0 radical (unpaired) electrons. The monoisotopic (exact) mass is 534 g/mol. The number of rotatable bonds is 3. The molecule has 2 nitrogen and oxygen atoms in total. The van der Waals surface area contributed by atoms with Crippen molar-refractivity contribution in [3.63, 3.8) is 0 Å². The first-order chi connectivity index (χ1) is 20.8. The molecule has 196 valence electrons. The van der Waals surface area contributed by atoms with Gasteiger partial charge >= 0.3 is 0 Å². The molecule has 0 saturated heterocycles. The number of para-hydroxylation sites is 2. The van der Waals surface area contributed by atoms with Crippen LogP contribution in [0.3, 0.4) is 0 Å². The lowest BCUT2D eigenvalue weighted by Crippen LogP contribution is -1.94. The number of aromatic nitrogens is 2. The van der Waals surface area contributed by atoms with E-state index in [2.05, 4.69) is 167 Å². The molecule has 7 aromatic carbocycles. The molecule has 0 N–H and O–H groups in total. The summed E-state index contributed by atoms with van der Waals surface area (Å²) < 4.78 is 4.70. The van der Waals surface area contributed by atoms with Gasteiger partial charge < -0.3 is 9.13 Å². The summed E-state index contributed by atoms with van der Waals surface area (Å²) in [5.74, 6) is 0. The van der Waals surface area contributed by atoms with Crippen LogP contribution >= 0.6 is 0 Å². The highest BCUT2D eigenvalue weighted by molar-refractivity contribution is 6.32. The van der Waals surface area contributed by atoms with Gasteiger partial charge in [0.25, 0.3) is 0 Å². The van der Waals surface area contributed by atoms with E-state index in [9.17, 15) is 0 Å². The van der Waals surface area contributed by atoms with Gasteiger partial charge in [-0.25, -0.2) is 0 Å². The number of hydrogen-bond acceptors (Lipinski definition) is 0. The Morgan fingerprint density at radius 1 is 0.381 bits per heavy atom. The highest BCUT2D eigenvalue weighted by Crippen LogP contribution is 2.43. The molecule has 2 aromatic heterocycles. The largest absolute Gasteiger partial charge is 0.317 e. The molecule has 0 aliphatic heterocycles. The number of hydrogen-bond donors (Lipinski definition) is 0. The van der Waals surface area contributed by atoms with Crippen molar-refractivity contribution in [3.8, 4) is 22.5 Å². The van der Waals surface area contributed by atoms with Crippen molar-refractivity contribution in [2.75, 3.05) is 0 Å². The Morgan fingerprint density at radius 3 is 1.83 bits per heavy atom. The lowest BCUT2D eigenvalue weighted by atomic mass is 9.95. The van der Waals surface area contributed by atoms with E-state index in [1.54, 1.807) is 0 Å². The SMILES string of the molecule is c1ccc(-n2c3ccc(-c4ccc(-n5ccc6ccccc65)cc4)cc3c3c4ccccc4c4ccccc4c32)cc1. The minimum absolute atomic E-state index is 1.17. The summed E-state index contributed by atoms with van der Waals surface area (Å²) in [6.45, 7) is 0. The van der Waals surface area contributed by atoms with Crippen LogP contribution in [0.4, 0.5) is 0 Å². The van der Waals surface area contributed by atoms with E-state index in [0.717, 1.165) is 0 Å². The van der Waals surface area contributed by atoms with Crippen LogP contribution in [0.2, 0.25) is 0 Å². The zero-order chi connectivity index (χ0) is 27.6. The van der Waals surface area contributed by atoms with Gasteiger partial charge in [-0.3, -0.25) is 0 Å². The van der Waals surface area contributed by atoms with Gasteiger partial charge in [0, 0.05) is 33.7 Å². The molecule has 0 fully saturated rings. The Labute approximate surface area is 243 Å². The molecular weight excluding hydrogens is 508 g/mol. The lowest BCUT2D eigenvalue weighted by molar-refractivity contribution is 1.13. The molecule has 9 rings (SSSR count). The molecule has 0 aliphatic rings. The standard InChI is InChI=1S/C40H26N2/c1-2-11-31(12-3-1)42-38-23-20-29(27-18-21-30(22-19-27)41-25-24-28-10-4-9-17-37(28)41)26-36(38)39-34-15-7-5-13-32(34)33-14-6-8-16-35(33)40(39)42/h1-26H. The van der Waals surface area contributed by atoms with Crippen LogP contribution in [-0.2, 0) is 0 Å². The van der Waals surface area contributed by atoms with Crippen molar-refractivity contribution >= 4 is 54.3 Å². The van der Waals surface area contributed by atoms with E-state index < -0.39 is 0 Å². The van der Waals surface area contributed by atoms with Gasteiger partial charge in [-0.1, -0.05) is 103 Å². The maximum atomic E-state index is 2.45. The molecule has 42 heavy (non-hydrogen) atoms. The zero-order valence-electron chi connectivity index (χ0n) is 22.9. The topological polar surface area (TPSA) is 9.86 Å². The average Bonchev–Trinajstić information content (AvgIpc) is 3.65. The van der Waals surface area contributed by atoms with E-state index in [1.165, 1.54) is 76.8 Å². The Balaban J connectivity index is 1.31. The second-order valence-corrected chi connectivity index (χ2v) is 11.0. The maximum absolute atomic E-state index is 2.45. The summed E-state index contributed by atoms with van der Waals surface area (Å²) in [7, 11) is 0. The predicted octanol–water partition coefficient (Wildman–Crippen LogP) is 10.7. The normalized spacial score (nSPS) is 11.8. The molecule has 0 spiro atoms. The van der Waals surface area contributed by atoms with Crippen molar-refractivity contribution in [2.24, 2.45) is 0 Å².